The Balaban J connectivity index is 2.08. The van der Waals surface area contributed by atoms with Crippen LogP contribution in [0.15, 0.2) is 18.2 Å². The third kappa shape index (κ3) is 3.23. The highest BCUT2D eigenvalue weighted by Gasteiger charge is 2.21. The largest absolute Gasteiger partial charge is 0.507 e. The lowest BCUT2D eigenvalue weighted by Crippen LogP contribution is -2.43. The summed E-state index contributed by atoms with van der Waals surface area (Å²) in [6.07, 6.45) is 2.84. The Kier molecular flexibility index (Phi) is 4.01. The predicted molar refractivity (Wildman–Crippen MR) is 69.3 cm³/mol. The van der Waals surface area contributed by atoms with E-state index in [0.717, 1.165) is 25.8 Å². The molecule has 6 heteroatoms. The number of piperidine rings is 1. The summed E-state index contributed by atoms with van der Waals surface area (Å²) < 4.78 is 0. The van der Waals surface area contributed by atoms with E-state index >= 15 is 0 Å². The van der Waals surface area contributed by atoms with Gasteiger partial charge in [-0.1, -0.05) is 6.42 Å². The Morgan fingerprint density at radius 2 is 2.11 bits per heavy atom. The molecule has 1 heterocycles. The van der Waals surface area contributed by atoms with E-state index in [1.165, 1.54) is 18.2 Å². The summed E-state index contributed by atoms with van der Waals surface area (Å²) >= 11 is 0. The molecule has 19 heavy (non-hydrogen) atoms. The van der Waals surface area contributed by atoms with Gasteiger partial charge < -0.3 is 20.8 Å². The van der Waals surface area contributed by atoms with Crippen molar-refractivity contribution in [1.29, 1.82) is 0 Å². The van der Waals surface area contributed by atoms with E-state index in [1.54, 1.807) is 0 Å². The standard InChI is InChI=1S/C13H16N2O4/c16-11-5-4-8(7-9(11)13(18)19)15-12(17)10-3-1-2-6-14-10/h4-5,7,10,14,16H,1-3,6H2,(H,15,17)(H,18,19)/t10-/m1/s1. The number of carbonyl (C=O) groups excluding carboxylic acids is 1. The summed E-state index contributed by atoms with van der Waals surface area (Å²) in [6, 6.07) is 3.74. The molecule has 0 bridgehead atoms. The smallest absolute Gasteiger partial charge is 0.339 e. The van der Waals surface area contributed by atoms with Crippen molar-refractivity contribution in [2.75, 3.05) is 11.9 Å². The molecule has 0 radical (unpaired) electrons. The third-order valence-corrected chi connectivity index (χ3v) is 3.12. The maximum Gasteiger partial charge on any atom is 0.339 e. The van der Waals surface area contributed by atoms with Gasteiger partial charge in [-0.05, 0) is 37.6 Å². The lowest BCUT2D eigenvalue weighted by atomic mass is 10.0. The minimum absolute atomic E-state index is 0.179. The highest BCUT2D eigenvalue weighted by Crippen LogP contribution is 2.22. The third-order valence-electron chi connectivity index (χ3n) is 3.12. The zero-order valence-corrected chi connectivity index (χ0v) is 10.3. The number of anilines is 1. The fraction of sp³-hybridized carbons (Fsp3) is 0.385. The molecular weight excluding hydrogens is 248 g/mol. The monoisotopic (exact) mass is 264 g/mol. The van der Waals surface area contributed by atoms with E-state index in [1.807, 2.05) is 0 Å². The molecule has 4 N–H and O–H groups in total. The number of carbonyl (C=O) groups is 2. The van der Waals surface area contributed by atoms with Gasteiger partial charge in [-0.15, -0.1) is 0 Å². The zero-order chi connectivity index (χ0) is 13.8. The summed E-state index contributed by atoms with van der Waals surface area (Å²) in [5, 5.41) is 24.0. The molecule has 102 valence electrons. The first kappa shape index (κ1) is 13.4. The van der Waals surface area contributed by atoms with Crippen LogP contribution in [-0.2, 0) is 4.79 Å². The van der Waals surface area contributed by atoms with Gasteiger partial charge >= 0.3 is 5.97 Å². The van der Waals surface area contributed by atoms with Crippen molar-refractivity contribution < 1.29 is 19.8 Å². The second kappa shape index (κ2) is 5.71. The van der Waals surface area contributed by atoms with Crippen LogP contribution in [0.3, 0.4) is 0 Å². The van der Waals surface area contributed by atoms with Gasteiger partial charge in [0.05, 0.1) is 6.04 Å². The van der Waals surface area contributed by atoms with Gasteiger partial charge in [0.1, 0.15) is 11.3 Å². The molecule has 1 fully saturated rings. The van der Waals surface area contributed by atoms with Gasteiger partial charge in [-0.2, -0.15) is 0 Å². The lowest BCUT2D eigenvalue weighted by molar-refractivity contribution is -0.118. The number of nitrogens with one attached hydrogen (secondary N) is 2. The van der Waals surface area contributed by atoms with Gasteiger partial charge in [0.15, 0.2) is 0 Å². The Morgan fingerprint density at radius 1 is 1.32 bits per heavy atom. The van der Waals surface area contributed by atoms with Crippen molar-refractivity contribution in [2.45, 2.75) is 25.3 Å². The Hall–Kier alpha value is -2.08. The molecule has 0 aromatic heterocycles. The van der Waals surface area contributed by atoms with Gasteiger partial charge in [0, 0.05) is 5.69 Å². The van der Waals surface area contributed by atoms with Crippen LogP contribution in [0.2, 0.25) is 0 Å². The Morgan fingerprint density at radius 3 is 2.74 bits per heavy atom. The molecule has 1 aromatic rings. The van der Waals surface area contributed by atoms with Crippen LogP contribution >= 0.6 is 0 Å². The predicted octanol–water partition coefficient (Wildman–Crippen LogP) is 1.17. The molecule has 1 amide bonds. The van der Waals surface area contributed by atoms with Gasteiger partial charge in [-0.3, -0.25) is 4.79 Å². The SMILES string of the molecule is O=C(O)c1cc(NC(=O)[C@H]2CCCCN2)ccc1O. The number of aromatic hydroxyl groups is 1. The van der Waals surface area contributed by atoms with Crippen LogP contribution in [0, 0.1) is 0 Å². The van der Waals surface area contributed by atoms with Crippen molar-refractivity contribution in [3.63, 3.8) is 0 Å². The molecule has 1 aliphatic heterocycles. The Labute approximate surface area is 110 Å². The van der Waals surface area contributed by atoms with Crippen LogP contribution in [-0.4, -0.2) is 34.7 Å². The first-order valence-electron chi connectivity index (χ1n) is 6.18. The van der Waals surface area contributed by atoms with Gasteiger partial charge in [0.25, 0.3) is 0 Å². The van der Waals surface area contributed by atoms with Gasteiger partial charge in [0.2, 0.25) is 5.91 Å². The molecule has 1 atom stereocenters. The Bertz CT molecular complexity index is 495. The molecule has 0 spiro atoms. The minimum atomic E-state index is -1.23. The number of aromatic carboxylic acids is 1. The van der Waals surface area contributed by atoms with E-state index in [9.17, 15) is 14.7 Å². The van der Waals surface area contributed by atoms with E-state index in [0.29, 0.717) is 5.69 Å². The quantitative estimate of drug-likeness (QED) is 0.614. The van der Waals surface area contributed by atoms with Crippen molar-refractivity contribution in [3.05, 3.63) is 23.8 Å². The second-order valence-corrected chi connectivity index (χ2v) is 4.53. The number of phenols is 1. The maximum absolute atomic E-state index is 12.0. The number of carboxylic acid groups (broad SMARTS) is 1. The fourth-order valence-electron chi connectivity index (χ4n) is 2.09. The number of hydrogen-bond donors (Lipinski definition) is 4. The van der Waals surface area contributed by atoms with Crippen LogP contribution in [0.4, 0.5) is 5.69 Å². The summed E-state index contributed by atoms with van der Waals surface area (Å²) in [7, 11) is 0. The van der Waals surface area contributed by atoms with Crippen molar-refractivity contribution in [1.82, 2.24) is 5.32 Å². The molecule has 0 unspecified atom stereocenters. The number of hydrogen-bond acceptors (Lipinski definition) is 4. The van der Waals surface area contributed by atoms with E-state index in [4.69, 9.17) is 5.11 Å². The normalized spacial score (nSPS) is 18.8. The van der Waals surface area contributed by atoms with Crippen LogP contribution in [0.5, 0.6) is 5.75 Å². The van der Waals surface area contributed by atoms with Crippen molar-refractivity contribution >= 4 is 17.6 Å². The highest BCUT2D eigenvalue weighted by molar-refractivity contribution is 5.97. The molecule has 1 saturated heterocycles. The molecule has 1 aromatic carbocycles. The first-order chi connectivity index (χ1) is 9.08. The maximum atomic E-state index is 12.0. The summed E-state index contributed by atoms with van der Waals surface area (Å²) in [4.78, 5) is 22.8. The molecule has 0 saturated carbocycles. The molecule has 1 aliphatic rings. The number of rotatable bonds is 3. The van der Waals surface area contributed by atoms with E-state index < -0.39 is 5.97 Å². The summed E-state index contributed by atoms with van der Waals surface area (Å²) in [5.41, 5.74) is 0.141. The summed E-state index contributed by atoms with van der Waals surface area (Å²) in [6.45, 7) is 0.814. The van der Waals surface area contributed by atoms with Crippen LogP contribution in [0.25, 0.3) is 0 Å². The van der Waals surface area contributed by atoms with Crippen molar-refractivity contribution in [3.8, 4) is 5.75 Å². The minimum Gasteiger partial charge on any atom is -0.507 e. The summed E-state index contributed by atoms with van der Waals surface area (Å²) in [5.74, 6) is -1.73. The lowest BCUT2D eigenvalue weighted by Gasteiger charge is -2.22. The number of benzene rings is 1. The fourth-order valence-corrected chi connectivity index (χ4v) is 2.09. The average Bonchev–Trinajstić information content (AvgIpc) is 2.41. The first-order valence-corrected chi connectivity index (χ1v) is 6.18. The molecule has 2 rings (SSSR count). The highest BCUT2D eigenvalue weighted by atomic mass is 16.4. The molecular formula is C13H16N2O4. The molecule has 6 nitrogen and oxygen atoms in total. The van der Waals surface area contributed by atoms with Crippen LogP contribution < -0.4 is 10.6 Å². The van der Waals surface area contributed by atoms with Crippen LogP contribution in [0.1, 0.15) is 29.6 Å². The molecule has 0 aliphatic carbocycles. The van der Waals surface area contributed by atoms with Crippen molar-refractivity contribution in [2.24, 2.45) is 0 Å². The second-order valence-electron chi connectivity index (χ2n) is 4.53. The van der Waals surface area contributed by atoms with E-state index in [-0.39, 0.29) is 23.3 Å². The topological polar surface area (TPSA) is 98.7 Å². The zero-order valence-electron chi connectivity index (χ0n) is 10.3. The number of amides is 1. The van der Waals surface area contributed by atoms with Gasteiger partial charge in [-0.25, -0.2) is 4.79 Å². The van der Waals surface area contributed by atoms with E-state index in [2.05, 4.69) is 10.6 Å². The number of carboxylic acids is 1. The average molecular weight is 264 g/mol.